The molecule has 0 spiro atoms. The van der Waals surface area contributed by atoms with Crippen LogP contribution in [0.3, 0.4) is 0 Å². The van der Waals surface area contributed by atoms with Crippen LogP contribution in [0.2, 0.25) is 5.02 Å². The van der Waals surface area contributed by atoms with Crippen LogP contribution >= 0.6 is 11.6 Å². The molecule has 3 nitrogen and oxygen atoms in total. The Morgan fingerprint density at radius 2 is 2.19 bits per heavy atom. The molecule has 0 saturated carbocycles. The second kappa shape index (κ2) is 5.56. The molecule has 1 aromatic carbocycles. The molecule has 0 radical (unpaired) electrons. The van der Waals surface area contributed by atoms with E-state index in [9.17, 15) is 4.79 Å². The zero-order valence-corrected chi connectivity index (χ0v) is 9.95. The van der Waals surface area contributed by atoms with Gasteiger partial charge in [0.2, 0.25) is 0 Å². The molecular weight excluding hydrogens is 228 g/mol. The van der Waals surface area contributed by atoms with Gasteiger partial charge in [0.15, 0.2) is 17.8 Å². The molecule has 0 bridgehead atoms. The molecule has 0 heterocycles. The van der Waals surface area contributed by atoms with E-state index in [1.165, 1.54) is 13.2 Å². The molecule has 0 saturated heterocycles. The van der Waals surface area contributed by atoms with Gasteiger partial charge in [-0.15, -0.1) is 0 Å². The van der Waals surface area contributed by atoms with Gasteiger partial charge in [-0.2, -0.15) is 0 Å². The van der Waals surface area contributed by atoms with Crippen LogP contribution in [-0.2, 0) is 0 Å². The smallest absolute Gasteiger partial charge is 0.172 e. The Hall–Kier alpha value is -1.48. The van der Waals surface area contributed by atoms with Gasteiger partial charge >= 0.3 is 0 Å². The number of rotatable bonds is 5. The highest BCUT2D eigenvalue weighted by Gasteiger charge is 2.14. The summed E-state index contributed by atoms with van der Waals surface area (Å²) >= 11 is 5.84. The molecule has 16 heavy (non-hydrogen) atoms. The minimum atomic E-state index is -0.214. The third kappa shape index (κ3) is 2.76. The van der Waals surface area contributed by atoms with Crippen LogP contribution in [0.4, 0.5) is 0 Å². The van der Waals surface area contributed by atoms with Crippen LogP contribution in [0, 0.1) is 0 Å². The summed E-state index contributed by atoms with van der Waals surface area (Å²) in [6.07, 6.45) is 2.09. The summed E-state index contributed by atoms with van der Waals surface area (Å²) in [5.74, 6) is 0.817. The van der Waals surface area contributed by atoms with Crippen LogP contribution in [0.15, 0.2) is 24.8 Å². The van der Waals surface area contributed by atoms with E-state index in [4.69, 9.17) is 21.1 Å². The van der Waals surface area contributed by atoms with Crippen molar-refractivity contribution in [1.82, 2.24) is 0 Å². The number of methoxy groups -OCH3 is 1. The van der Waals surface area contributed by atoms with Gasteiger partial charge in [-0.05, 0) is 13.0 Å². The quantitative estimate of drug-likeness (QED) is 0.586. The molecule has 4 heteroatoms. The van der Waals surface area contributed by atoms with Crippen LogP contribution in [0.25, 0.3) is 0 Å². The summed E-state index contributed by atoms with van der Waals surface area (Å²) in [5, 5.41) is 0.428. The average molecular weight is 241 g/mol. The Balaban J connectivity index is 3.21. The number of carbonyl (C=O) groups excluding carboxylic acids is 1. The van der Waals surface area contributed by atoms with Gasteiger partial charge in [-0.3, -0.25) is 4.79 Å². The number of benzene rings is 1. The number of carbonyl (C=O) groups is 1. The average Bonchev–Trinajstić information content (AvgIpc) is 2.30. The SMILES string of the molecule is C=CC(C)Oc1c(C=O)cc(Cl)cc1OC. The Kier molecular flexibility index (Phi) is 4.38. The van der Waals surface area contributed by atoms with Crippen molar-refractivity contribution in [3.05, 3.63) is 35.4 Å². The number of hydrogen-bond donors (Lipinski definition) is 0. The van der Waals surface area contributed by atoms with Crippen molar-refractivity contribution in [2.45, 2.75) is 13.0 Å². The molecule has 0 aliphatic rings. The minimum Gasteiger partial charge on any atom is -0.493 e. The maximum absolute atomic E-state index is 10.9. The number of halogens is 1. The summed E-state index contributed by atoms with van der Waals surface area (Å²) in [7, 11) is 1.49. The molecule has 1 rings (SSSR count). The first-order valence-corrected chi connectivity index (χ1v) is 5.12. The highest BCUT2D eigenvalue weighted by Crippen LogP contribution is 2.34. The molecule has 0 aliphatic heterocycles. The van der Waals surface area contributed by atoms with Gasteiger partial charge in [0, 0.05) is 11.1 Å². The normalized spacial score (nSPS) is 11.7. The van der Waals surface area contributed by atoms with E-state index < -0.39 is 0 Å². The number of hydrogen-bond acceptors (Lipinski definition) is 3. The van der Waals surface area contributed by atoms with Gasteiger partial charge in [0.25, 0.3) is 0 Å². The lowest BCUT2D eigenvalue weighted by molar-refractivity contribution is 0.111. The van der Waals surface area contributed by atoms with Crippen molar-refractivity contribution in [3.8, 4) is 11.5 Å². The van der Waals surface area contributed by atoms with Crippen molar-refractivity contribution in [2.24, 2.45) is 0 Å². The molecule has 0 amide bonds. The number of ether oxygens (including phenoxy) is 2. The Morgan fingerprint density at radius 1 is 1.50 bits per heavy atom. The van der Waals surface area contributed by atoms with Crippen LogP contribution < -0.4 is 9.47 Å². The topological polar surface area (TPSA) is 35.5 Å². The maximum Gasteiger partial charge on any atom is 0.172 e. The number of aldehydes is 1. The molecule has 1 atom stereocenters. The first kappa shape index (κ1) is 12.6. The first-order valence-electron chi connectivity index (χ1n) is 4.74. The fourth-order valence-electron chi connectivity index (χ4n) is 1.19. The molecule has 1 aromatic rings. The summed E-state index contributed by atoms with van der Waals surface area (Å²) in [6.45, 7) is 5.42. The maximum atomic E-state index is 10.9. The Labute approximate surface area is 99.6 Å². The van der Waals surface area contributed by atoms with Crippen molar-refractivity contribution >= 4 is 17.9 Å². The third-order valence-corrected chi connectivity index (χ3v) is 2.25. The first-order chi connectivity index (χ1) is 7.62. The van der Waals surface area contributed by atoms with Crippen LogP contribution in [-0.4, -0.2) is 19.5 Å². The predicted octanol–water partition coefficient (Wildman–Crippen LogP) is 3.11. The van der Waals surface area contributed by atoms with Crippen LogP contribution in [0.1, 0.15) is 17.3 Å². The van der Waals surface area contributed by atoms with E-state index in [1.54, 1.807) is 12.1 Å². The summed E-state index contributed by atoms with van der Waals surface area (Å²) < 4.78 is 10.6. The monoisotopic (exact) mass is 240 g/mol. The van der Waals surface area contributed by atoms with E-state index in [0.29, 0.717) is 28.4 Å². The van der Waals surface area contributed by atoms with Gasteiger partial charge < -0.3 is 9.47 Å². The molecular formula is C12H13ClO3. The van der Waals surface area contributed by atoms with E-state index >= 15 is 0 Å². The molecule has 0 N–H and O–H groups in total. The summed E-state index contributed by atoms with van der Waals surface area (Å²) in [5.41, 5.74) is 0.359. The van der Waals surface area contributed by atoms with E-state index in [2.05, 4.69) is 6.58 Å². The Bertz CT molecular complexity index is 401. The lowest BCUT2D eigenvalue weighted by atomic mass is 10.2. The lowest BCUT2D eigenvalue weighted by Gasteiger charge is -2.15. The van der Waals surface area contributed by atoms with E-state index in [1.807, 2.05) is 6.92 Å². The standard InChI is InChI=1S/C12H13ClO3/c1-4-8(2)16-12-9(7-14)5-10(13)6-11(12)15-3/h4-8H,1H2,2-3H3. The zero-order valence-electron chi connectivity index (χ0n) is 9.20. The fourth-order valence-corrected chi connectivity index (χ4v) is 1.40. The van der Waals surface area contributed by atoms with Crippen molar-refractivity contribution < 1.29 is 14.3 Å². The largest absolute Gasteiger partial charge is 0.493 e. The lowest BCUT2D eigenvalue weighted by Crippen LogP contribution is -2.10. The van der Waals surface area contributed by atoms with Gasteiger partial charge in [0.1, 0.15) is 6.10 Å². The van der Waals surface area contributed by atoms with Crippen molar-refractivity contribution in [1.29, 1.82) is 0 Å². The molecule has 86 valence electrons. The second-order valence-electron chi connectivity index (χ2n) is 3.20. The van der Waals surface area contributed by atoms with Gasteiger partial charge in [-0.1, -0.05) is 24.3 Å². The third-order valence-electron chi connectivity index (χ3n) is 2.03. The fraction of sp³-hybridized carbons (Fsp3) is 0.250. The van der Waals surface area contributed by atoms with E-state index in [0.717, 1.165) is 0 Å². The van der Waals surface area contributed by atoms with Crippen LogP contribution in [0.5, 0.6) is 11.5 Å². The molecule has 1 unspecified atom stereocenters. The molecule has 0 aromatic heterocycles. The predicted molar refractivity (Wildman–Crippen MR) is 63.7 cm³/mol. The zero-order chi connectivity index (χ0) is 12.1. The van der Waals surface area contributed by atoms with Gasteiger partial charge in [-0.25, -0.2) is 0 Å². The molecule has 0 fully saturated rings. The highest BCUT2D eigenvalue weighted by molar-refractivity contribution is 6.31. The minimum absolute atomic E-state index is 0.214. The van der Waals surface area contributed by atoms with E-state index in [-0.39, 0.29) is 6.10 Å². The summed E-state index contributed by atoms with van der Waals surface area (Å²) in [6, 6.07) is 3.13. The van der Waals surface area contributed by atoms with Crippen molar-refractivity contribution in [3.63, 3.8) is 0 Å². The molecule has 0 aliphatic carbocycles. The second-order valence-corrected chi connectivity index (χ2v) is 3.64. The summed E-state index contributed by atoms with van der Waals surface area (Å²) in [4.78, 5) is 10.9. The van der Waals surface area contributed by atoms with Gasteiger partial charge in [0.05, 0.1) is 12.7 Å². The van der Waals surface area contributed by atoms with Crippen molar-refractivity contribution in [2.75, 3.05) is 7.11 Å². The highest BCUT2D eigenvalue weighted by atomic mass is 35.5. The Morgan fingerprint density at radius 3 is 2.69 bits per heavy atom.